The van der Waals surface area contributed by atoms with Crippen molar-refractivity contribution in [1.82, 2.24) is 24.5 Å². The second kappa shape index (κ2) is 7.50. The Balaban J connectivity index is 1.52. The quantitative estimate of drug-likeness (QED) is 0.380. The molecule has 0 bridgehead atoms. The van der Waals surface area contributed by atoms with E-state index in [9.17, 15) is 4.79 Å². The highest BCUT2D eigenvalue weighted by Crippen LogP contribution is 2.28. The van der Waals surface area contributed by atoms with Gasteiger partial charge in [-0.3, -0.25) is 4.79 Å². The van der Waals surface area contributed by atoms with Crippen molar-refractivity contribution in [1.29, 1.82) is 0 Å². The Kier molecular flexibility index (Phi) is 4.71. The first-order valence-electron chi connectivity index (χ1n) is 8.97. The van der Waals surface area contributed by atoms with Crippen LogP contribution in [0.1, 0.15) is 0 Å². The highest BCUT2D eigenvalue weighted by molar-refractivity contribution is 7.99. The zero-order valence-corrected chi connectivity index (χ0v) is 16.6. The molecule has 1 aliphatic rings. The largest absolute Gasteiger partial charge is 0.378 e. The molecule has 1 aliphatic heterocycles. The van der Waals surface area contributed by atoms with Gasteiger partial charge < -0.3 is 9.64 Å². The minimum absolute atomic E-state index is 0.0926. The number of fused-ring (bicyclic) bond motifs is 3. The predicted octanol–water partition coefficient (Wildman–Crippen LogP) is 2.96. The van der Waals surface area contributed by atoms with Gasteiger partial charge in [0.25, 0.3) is 0 Å². The van der Waals surface area contributed by atoms with E-state index < -0.39 is 0 Å². The van der Waals surface area contributed by atoms with Crippen molar-refractivity contribution in [3.8, 4) is 10.7 Å². The Morgan fingerprint density at radius 2 is 2.00 bits per heavy atom. The highest BCUT2D eigenvalue weighted by atomic mass is 32.2. The van der Waals surface area contributed by atoms with Crippen LogP contribution in [0.25, 0.3) is 27.3 Å². The molecule has 0 spiro atoms. The fourth-order valence-electron chi connectivity index (χ4n) is 3.16. The number of carbonyl (C=O) groups excluding carboxylic acids is 1. The van der Waals surface area contributed by atoms with Crippen LogP contribution in [0.3, 0.4) is 0 Å². The smallest absolute Gasteiger partial charge is 0.233 e. The number of hydrogen-bond donors (Lipinski definition) is 0. The highest BCUT2D eigenvalue weighted by Gasteiger charge is 2.20. The zero-order valence-electron chi connectivity index (χ0n) is 14.9. The van der Waals surface area contributed by atoms with Crippen LogP contribution in [0.15, 0.2) is 46.9 Å². The molecule has 0 radical (unpaired) electrons. The molecule has 0 unspecified atom stereocenters. The summed E-state index contributed by atoms with van der Waals surface area (Å²) >= 11 is 3.00. The summed E-state index contributed by atoms with van der Waals surface area (Å²) in [6, 6.07) is 11.9. The maximum atomic E-state index is 12.5. The van der Waals surface area contributed by atoms with Gasteiger partial charge in [-0.1, -0.05) is 30.0 Å². The number of para-hydroxylation sites is 1. The van der Waals surface area contributed by atoms with Crippen LogP contribution in [0.5, 0.6) is 0 Å². The van der Waals surface area contributed by atoms with E-state index in [0.29, 0.717) is 43.0 Å². The average molecular weight is 412 g/mol. The van der Waals surface area contributed by atoms with E-state index in [0.717, 1.165) is 21.4 Å². The lowest BCUT2D eigenvalue weighted by Crippen LogP contribution is -2.41. The average Bonchev–Trinajstić information content (AvgIpc) is 3.42. The molecule has 3 aromatic heterocycles. The van der Waals surface area contributed by atoms with Crippen LogP contribution in [0, 0.1) is 0 Å². The minimum atomic E-state index is 0.0926. The third kappa shape index (κ3) is 3.25. The summed E-state index contributed by atoms with van der Waals surface area (Å²) in [5.74, 6) is 1.08. The summed E-state index contributed by atoms with van der Waals surface area (Å²) in [5, 5.41) is 8.31. The molecule has 1 fully saturated rings. The molecule has 1 saturated heterocycles. The molecular weight excluding hydrogens is 394 g/mol. The number of aromatic nitrogens is 4. The lowest BCUT2D eigenvalue weighted by molar-refractivity contribution is -0.132. The lowest BCUT2D eigenvalue weighted by atomic mass is 10.2. The topological polar surface area (TPSA) is 72.6 Å². The molecule has 5 rings (SSSR count). The molecule has 0 aliphatic carbocycles. The molecule has 0 atom stereocenters. The van der Waals surface area contributed by atoms with Gasteiger partial charge in [-0.15, -0.1) is 16.4 Å². The zero-order chi connectivity index (χ0) is 18.9. The number of morpholine rings is 1. The fraction of sp³-hybridized carbons (Fsp3) is 0.263. The first-order valence-corrected chi connectivity index (χ1v) is 10.8. The van der Waals surface area contributed by atoms with E-state index in [-0.39, 0.29) is 5.91 Å². The number of ether oxygens (including phenoxy) is 1. The monoisotopic (exact) mass is 411 g/mol. The second-order valence-corrected chi connectivity index (χ2v) is 8.23. The third-order valence-corrected chi connectivity index (χ3v) is 6.36. The van der Waals surface area contributed by atoms with E-state index in [1.54, 1.807) is 15.9 Å². The number of rotatable bonds is 4. The molecule has 0 N–H and O–H groups in total. The molecule has 0 saturated carbocycles. The maximum Gasteiger partial charge on any atom is 0.233 e. The minimum Gasteiger partial charge on any atom is -0.378 e. The standard InChI is InChI=1S/C19H17N5O2S2/c25-16(23-7-9-26-10-8-23)12-28-19-20-14-5-2-1-4-13(14)18-21-17(22-24(18)19)15-6-3-11-27-15/h1-6,11H,7-10,12H2. The summed E-state index contributed by atoms with van der Waals surface area (Å²) in [7, 11) is 0. The van der Waals surface area contributed by atoms with Crippen LogP contribution in [-0.2, 0) is 9.53 Å². The van der Waals surface area contributed by atoms with E-state index in [4.69, 9.17) is 14.7 Å². The number of thiophene rings is 1. The van der Waals surface area contributed by atoms with Crippen molar-refractivity contribution in [2.75, 3.05) is 32.1 Å². The second-order valence-electron chi connectivity index (χ2n) is 6.34. The van der Waals surface area contributed by atoms with Gasteiger partial charge in [0.1, 0.15) is 0 Å². The van der Waals surface area contributed by atoms with Gasteiger partial charge in [-0.2, -0.15) is 4.52 Å². The van der Waals surface area contributed by atoms with Gasteiger partial charge in [0.05, 0.1) is 29.4 Å². The van der Waals surface area contributed by atoms with Crippen LogP contribution in [0.2, 0.25) is 0 Å². The SMILES string of the molecule is O=C(CSc1nc2ccccc2c2nc(-c3cccs3)nn12)N1CCOCC1. The van der Waals surface area contributed by atoms with Crippen LogP contribution in [0.4, 0.5) is 0 Å². The van der Waals surface area contributed by atoms with Crippen LogP contribution in [-0.4, -0.2) is 62.4 Å². The number of nitrogens with zero attached hydrogens (tertiary/aromatic N) is 5. The predicted molar refractivity (Wildman–Crippen MR) is 110 cm³/mol. The van der Waals surface area contributed by atoms with Crippen LogP contribution < -0.4 is 0 Å². The van der Waals surface area contributed by atoms with Crippen molar-refractivity contribution in [3.63, 3.8) is 0 Å². The number of benzene rings is 1. The normalized spacial score (nSPS) is 14.8. The molecule has 9 heteroatoms. The lowest BCUT2D eigenvalue weighted by Gasteiger charge is -2.26. The molecular formula is C19H17N5O2S2. The summed E-state index contributed by atoms with van der Waals surface area (Å²) in [5.41, 5.74) is 1.61. The molecule has 7 nitrogen and oxygen atoms in total. The summed E-state index contributed by atoms with van der Waals surface area (Å²) in [6.07, 6.45) is 0. The molecule has 1 aromatic carbocycles. The van der Waals surface area contributed by atoms with Gasteiger partial charge >= 0.3 is 0 Å². The fourth-order valence-corrected chi connectivity index (χ4v) is 4.66. The van der Waals surface area contributed by atoms with E-state index >= 15 is 0 Å². The maximum absolute atomic E-state index is 12.5. The number of thioether (sulfide) groups is 1. The van der Waals surface area contributed by atoms with Crippen LogP contribution >= 0.6 is 23.1 Å². The molecule has 142 valence electrons. The molecule has 1 amide bonds. The van der Waals surface area contributed by atoms with Crippen molar-refractivity contribution < 1.29 is 9.53 Å². The Bertz CT molecular complexity index is 1140. The van der Waals surface area contributed by atoms with Gasteiger partial charge in [0.15, 0.2) is 16.6 Å². The van der Waals surface area contributed by atoms with Gasteiger partial charge in [0.2, 0.25) is 5.91 Å². The molecule has 28 heavy (non-hydrogen) atoms. The molecule has 4 heterocycles. The first kappa shape index (κ1) is 17.6. The summed E-state index contributed by atoms with van der Waals surface area (Å²) in [4.78, 5) is 24.9. The Morgan fingerprint density at radius 3 is 2.82 bits per heavy atom. The van der Waals surface area contributed by atoms with Gasteiger partial charge in [-0.05, 0) is 23.6 Å². The summed E-state index contributed by atoms with van der Waals surface area (Å²) in [6.45, 7) is 2.49. The van der Waals surface area contributed by atoms with Crippen molar-refractivity contribution in [2.45, 2.75) is 5.16 Å². The van der Waals surface area contributed by atoms with E-state index in [2.05, 4.69) is 5.10 Å². The van der Waals surface area contributed by atoms with E-state index in [1.807, 2.05) is 46.7 Å². The number of amides is 1. The molecule has 4 aromatic rings. The summed E-state index contributed by atoms with van der Waals surface area (Å²) < 4.78 is 7.08. The van der Waals surface area contributed by atoms with Crippen molar-refractivity contribution >= 4 is 45.6 Å². The Morgan fingerprint density at radius 1 is 1.14 bits per heavy atom. The Labute approximate surface area is 169 Å². The third-order valence-electron chi connectivity index (χ3n) is 4.58. The van der Waals surface area contributed by atoms with Crippen molar-refractivity contribution in [3.05, 3.63) is 41.8 Å². The van der Waals surface area contributed by atoms with Gasteiger partial charge in [-0.25, -0.2) is 9.97 Å². The Hall–Kier alpha value is -2.49. The van der Waals surface area contributed by atoms with Crippen molar-refractivity contribution in [2.24, 2.45) is 0 Å². The number of hydrogen-bond acceptors (Lipinski definition) is 7. The first-order chi connectivity index (χ1) is 13.8. The number of carbonyl (C=O) groups is 1. The van der Waals surface area contributed by atoms with Gasteiger partial charge in [0, 0.05) is 18.5 Å². The van der Waals surface area contributed by atoms with E-state index in [1.165, 1.54) is 11.8 Å².